The van der Waals surface area contributed by atoms with Gasteiger partial charge < -0.3 is 15.0 Å². The van der Waals surface area contributed by atoms with Crippen molar-refractivity contribution in [1.29, 1.82) is 0 Å². The fraction of sp³-hybridized carbons (Fsp3) is 0.294. The highest BCUT2D eigenvalue weighted by atomic mass is 32.1. The Hall–Kier alpha value is -2.34. The Bertz CT molecular complexity index is 787. The first-order valence-corrected chi connectivity index (χ1v) is 8.49. The molecule has 2 aliphatic heterocycles. The van der Waals surface area contributed by atoms with Crippen LogP contribution < -0.4 is 10.2 Å². The molecule has 0 fully saturated rings. The van der Waals surface area contributed by atoms with E-state index in [1.807, 2.05) is 34.5 Å². The number of hydrogen-bond donors (Lipinski definition) is 1. The highest BCUT2D eigenvalue weighted by Crippen LogP contribution is 2.51. The number of rotatable bonds is 3. The Morgan fingerprint density at radius 1 is 1.39 bits per heavy atom. The van der Waals surface area contributed by atoms with Crippen LogP contribution in [0.15, 0.2) is 35.7 Å². The predicted molar refractivity (Wildman–Crippen MR) is 89.2 cm³/mol. The van der Waals surface area contributed by atoms with Gasteiger partial charge in [-0.15, -0.1) is 11.3 Å². The molecular formula is C17H16N2O3S. The van der Waals surface area contributed by atoms with Gasteiger partial charge in [-0.2, -0.15) is 0 Å². The van der Waals surface area contributed by atoms with Crippen molar-refractivity contribution >= 4 is 34.5 Å². The van der Waals surface area contributed by atoms with Crippen molar-refractivity contribution < 1.29 is 14.3 Å². The summed E-state index contributed by atoms with van der Waals surface area (Å²) in [6, 6.07) is 9.27. The van der Waals surface area contributed by atoms with Gasteiger partial charge in [0.1, 0.15) is 0 Å². The smallest absolute Gasteiger partial charge is 0.345 e. The molecule has 0 aliphatic carbocycles. The zero-order chi connectivity index (χ0) is 16.0. The van der Waals surface area contributed by atoms with Crippen molar-refractivity contribution in [3.05, 3.63) is 46.2 Å². The Labute approximate surface area is 137 Å². The number of benzene rings is 1. The number of nitrogens with zero attached hydrogens (tertiary/aromatic N) is 1. The Morgan fingerprint density at radius 3 is 3.00 bits per heavy atom. The Balaban J connectivity index is 1.99. The molecule has 0 amide bonds. The number of nitrogens with one attached hydrogen (secondary N) is 1. The van der Waals surface area contributed by atoms with E-state index in [4.69, 9.17) is 4.74 Å². The van der Waals surface area contributed by atoms with Crippen molar-refractivity contribution in [2.24, 2.45) is 0 Å². The first-order valence-electron chi connectivity index (χ1n) is 7.61. The number of para-hydroxylation sites is 1. The highest BCUT2D eigenvalue weighted by molar-refractivity contribution is 7.10. The number of Topliss-reactive ketones (excluding diaryl/α,β-unsaturated/α-hetero) is 1. The summed E-state index contributed by atoms with van der Waals surface area (Å²) < 4.78 is 5.34. The lowest BCUT2D eigenvalue weighted by atomic mass is 9.90. The first-order chi connectivity index (χ1) is 11.2. The molecule has 2 aromatic rings. The van der Waals surface area contributed by atoms with Crippen LogP contribution in [0.25, 0.3) is 0 Å². The monoisotopic (exact) mass is 328 g/mol. The van der Waals surface area contributed by atoms with Crippen LogP contribution in [0.3, 0.4) is 0 Å². The van der Waals surface area contributed by atoms with Gasteiger partial charge in [-0.3, -0.25) is 4.79 Å². The molecule has 1 atom stereocenters. The average Bonchev–Trinajstić information content (AvgIpc) is 3.17. The summed E-state index contributed by atoms with van der Waals surface area (Å²) in [5, 5.41) is 5.19. The maximum atomic E-state index is 13.3. The highest BCUT2D eigenvalue weighted by Gasteiger charge is 2.61. The molecule has 3 heterocycles. The quantitative estimate of drug-likeness (QED) is 0.693. The topological polar surface area (TPSA) is 58.6 Å². The summed E-state index contributed by atoms with van der Waals surface area (Å²) >= 11 is 1.41. The summed E-state index contributed by atoms with van der Waals surface area (Å²) in [7, 11) is 0. The van der Waals surface area contributed by atoms with Crippen LogP contribution in [0.2, 0.25) is 0 Å². The molecule has 1 aromatic heterocycles. The van der Waals surface area contributed by atoms with Gasteiger partial charge in [0.05, 0.1) is 18.0 Å². The minimum absolute atomic E-state index is 0.195. The SMILES string of the molecule is CCOC(=O)[C@@]1(c2cccs2)C(=O)c2cccc3c2N1CCN3. The summed E-state index contributed by atoms with van der Waals surface area (Å²) in [6.45, 7) is 3.26. The lowest BCUT2D eigenvalue weighted by Crippen LogP contribution is -2.56. The van der Waals surface area contributed by atoms with Crippen LogP contribution in [-0.2, 0) is 15.1 Å². The van der Waals surface area contributed by atoms with Crippen molar-refractivity contribution in [3.63, 3.8) is 0 Å². The van der Waals surface area contributed by atoms with Gasteiger partial charge in [0.25, 0.3) is 0 Å². The number of ether oxygens (including phenoxy) is 1. The van der Waals surface area contributed by atoms with Gasteiger partial charge in [-0.25, -0.2) is 4.79 Å². The first kappa shape index (κ1) is 14.3. The zero-order valence-corrected chi connectivity index (χ0v) is 13.5. The second-order valence-corrected chi connectivity index (χ2v) is 6.47. The van der Waals surface area contributed by atoms with E-state index in [2.05, 4.69) is 5.32 Å². The molecule has 1 aromatic carbocycles. The molecule has 0 bridgehead atoms. The van der Waals surface area contributed by atoms with Gasteiger partial charge in [-0.05, 0) is 30.5 Å². The van der Waals surface area contributed by atoms with E-state index in [9.17, 15) is 9.59 Å². The molecule has 1 N–H and O–H groups in total. The second kappa shape index (κ2) is 5.09. The molecule has 0 unspecified atom stereocenters. The molecule has 23 heavy (non-hydrogen) atoms. The number of carbonyl (C=O) groups is 2. The Kier molecular flexibility index (Phi) is 3.16. The molecule has 118 valence electrons. The molecule has 4 rings (SSSR count). The standard InChI is InChI=1S/C17H16N2O3S/c1-2-22-16(21)17(13-7-4-10-23-13)15(20)11-5-3-6-12-14(11)19(17)9-8-18-12/h3-7,10,18H,2,8-9H2,1H3/t17-/m1/s1. The minimum atomic E-state index is -1.38. The van der Waals surface area contributed by atoms with Crippen LogP contribution in [0, 0.1) is 0 Å². The summed E-state index contributed by atoms with van der Waals surface area (Å²) in [5.41, 5.74) is 0.899. The van der Waals surface area contributed by atoms with Crippen LogP contribution in [0.5, 0.6) is 0 Å². The van der Waals surface area contributed by atoms with Gasteiger partial charge in [0, 0.05) is 23.5 Å². The van der Waals surface area contributed by atoms with E-state index in [0.717, 1.165) is 11.4 Å². The third kappa shape index (κ3) is 1.72. The van der Waals surface area contributed by atoms with Crippen LogP contribution in [0.1, 0.15) is 22.2 Å². The lowest BCUT2D eigenvalue weighted by Gasteiger charge is -2.38. The maximum absolute atomic E-state index is 13.3. The van der Waals surface area contributed by atoms with Crippen LogP contribution in [-0.4, -0.2) is 31.4 Å². The van der Waals surface area contributed by atoms with E-state index in [0.29, 0.717) is 23.5 Å². The molecule has 0 saturated heterocycles. The number of ketones is 1. The van der Waals surface area contributed by atoms with E-state index < -0.39 is 11.5 Å². The summed E-state index contributed by atoms with van der Waals surface area (Å²) in [6.07, 6.45) is 0. The van der Waals surface area contributed by atoms with Crippen molar-refractivity contribution in [2.45, 2.75) is 12.5 Å². The molecule has 0 saturated carbocycles. The number of anilines is 2. The van der Waals surface area contributed by atoms with Gasteiger partial charge >= 0.3 is 5.97 Å². The normalized spacial score (nSPS) is 21.8. The van der Waals surface area contributed by atoms with E-state index in [-0.39, 0.29) is 12.4 Å². The van der Waals surface area contributed by atoms with Gasteiger partial charge in [0.2, 0.25) is 11.3 Å². The Morgan fingerprint density at radius 2 is 2.26 bits per heavy atom. The number of esters is 1. The van der Waals surface area contributed by atoms with Crippen molar-refractivity contribution in [1.82, 2.24) is 0 Å². The molecule has 0 spiro atoms. The molecule has 2 aliphatic rings. The fourth-order valence-electron chi connectivity index (χ4n) is 3.50. The van der Waals surface area contributed by atoms with E-state index in [1.54, 1.807) is 13.0 Å². The second-order valence-electron chi connectivity index (χ2n) is 5.52. The van der Waals surface area contributed by atoms with Crippen molar-refractivity contribution in [3.8, 4) is 0 Å². The largest absolute Gasteiger partial charge is 0.464 e. The van der Waals surface area contributed by atoms with E-state index >= 15 is 0 Å². The van der Waals surface area contributed by atoms with Gasteiger partial charge in [0.15, 0.2) is 0 Å². The van der Waals surface area contributed by atoms with Crippen LogP contribution in [0.4, 0.5) is 11.4 Å². The minimum Gasteiger partial charge on any atom is -0.464 e. The van der Waals surface area contributed by atoms with Gasteiger partial charge in [-0.1, -0.05) is 12.1 Å². The predicted octanol–water partition coefficient (Wildman–Crippen LogP) is 2.63. The molecular weight excluding hydrogens is 312 g/mol. The number of thiophene rings is 1. The van der Waals surface area contributed by atoms with Crippen molar-refractivity contribution in [2.75, 3.05) is 29.9 Å². The third-order valence-electron chi connectivity index (χ3n) is 4.38. The fourth-order valence-corrected chi connectivity index (χ4v) is 4.41. The third-order valence-corrected chi connectivity index (χ3v) is 5.36. The van der Waals surface area contributed by atoms with E-state index in [1.165, 1.54) is 11.3 Å². The maximum Gasteiger partial charge on any atom is 0.345 e. The molecule has 6 heteroatoms. The molecule has 0 radical (unpaired) electrons. The lowest BCUT2D eigenvalue weighted by molar-refractivity contribution is -0.147. The zero-order valence-electron chi connectivity index (χ0n) is 12.7. The average molecular weight is 328 g/mol. The number of carbonyl (C=O) groups excluding carboxylic acids is 2. The molecule has 5 nitrogen and oxygen atoms in total. The van der Waals surface area contributed by atoms with Crippen LogP contribution >= 0.6 is 11.3 Å². The number of hydrogen-bond acceptors (Lipinski definition) is 6. The summed E-state index contributed by atoms with van der Waals surface area (Å²) in [5.74, 6) is -0.685. The summed E-state index contributed by atoms with van der Waals surface area (Å²) in [4.78, 5) is 28.9.